The number of nitrogens with zero attached hydrogens (tertiary/aromatic N) is 3. The van der Waals surface area contributed by atoms with E-state index in [2.05, 4.69) is 22.1 Å². The molecule has 1 aliphatic heterocycles. The molecule has 1 aliphatic carbocycles. The standard InChI is InChI=1S/C23H23F3N4O2S/c1-2-3-5-17-19-21(29-28-17)20-18(6-4-13-27-20)30(22(19)14-7-8-14)33(31,32)16-11-9-15(10-12-16)23(24,25)26/h4,6,9-14,22H,2-3,5,7-8H2,1H3,(H,28,29). The van der Waals surface area contributed by atoms with Crippen molar-refractivity contribution < 1.29 is 21.6 Å². The van der Waals surface area contributed by atoms with Gasteiger partial charge < -0.3 is 0 Å². The first kappa shape index (κ1) is 21.9. The molecule has 174 valence electrons. The number of hydrogen-bond donors (Lipinski definition) is 1. The molecule has 0 saturated heterocycles. The Bertz CT molecular complexity index is 1280. The highest BCUT2D eigenvalue weighted by atomic mass is 32.2. The highest BCUT2D eigenvalue weighted by molar-refractivity contribution is 7.92. The molecule has 2 aromatic heterocycles. The van der Waals surface area contributed by atoms with Gasteiger partial charge in [-0.1, -0.05) is 13.3 Å². The third-order valence-corrected chi connectivity index (χ3v) is 8.08. The summed E-state index contributed by atoms with van der Waals surface area (Å²) in [5.74, 6) is 0.110. The molecule has 0 bridgehead atoms. The number of fused-ring (bicyclic) bond motifs is 3. The van der Waals surface area contributed by atoms with E-state index in [-0.39, 0.29) is 10.8 Å². The van der Waals surface area contributed by atoms with Gasteiger partial charge in [0.15, 0.2) is 0 Å². The van der Waals surface area contributed by atoms with Gasteiger partial charge in [-0.25, -0.2) is 8.42 Å². The summed E-state index contributed by atoms with van der Waals surface area (Å²) in [7, 11) is -4.17. The lowest BCUT2D eigenvalue weighted by atomic mass is 9.92. The van der Waals surface area contributed by atoms with E-state index in [1.54, 1.807) is 18.3 Å². The number of unbranched alkanes of at least 4 members (excludes halogenated alkanes) is 1. The molecule has 33 heavy (non-hydrogen) atoms. The lowest BCUT2D eigenvalue weighted by Crippen LogP contribution is -2.39. The summed E-state index contributed by atoms with van der Waals surface area (Å²) in [6.45, 7) is 2.08. The van der Waals surface area contributed by atoms with Crippen LogP contribution in [0.15, 0.2) is 47.5 Å². The third-order valence-electron chi connectivity index (χ3n) is 6.27. The number of sulfonamides is 1. The molecule has 1 N–H and O–H groups in total. The van der Waals surface area contributed by atoms with E-state index in [1.165, 1.54) is 4.31 Å². The summed E-state index contributed by atoms with van der Waals surface area (Å²) in [6, 6.07) is 6.54. The molecule has 3 aromatic rings. The van der Waals surface area contributed by atoms with Gasteiger partial charge in [-0.3, -0.25) is 14.4 Å². The minimum atomic E-state index is -4.54. The number of H-pyrrole nitrogens is 1. The molecule has 6 nitrogen and oxygen atoms in total. The molecule has 0 spiro atoms. The van der Waals surface area contributed by atoms with Crippen LogP contribution in [-0.2, 0) is 22.6 Å². The zero-order valence-electron chi connectivity index (χ0n) is 17.9. The Balaban J connectivity index is 1.67. The van der Waals surface area contributed by atoms with Gasteiger partial charge in [0.1, 0.15) is 11.4 Å². The lowest BCUT2D eigenvalue weighted by Gasteiger charge is -2.37. The Morgan fingerprint density at radius 2 is 1.85 bits per heavy atom. The number of hydrogen-bond acceptors (Lipinski definition) is 4. The van der Waals surface area contributed by atoms with Gasteiger partial charge >= 0.3 is 6.18 Å². The van der Waals surface area contributed by atoms with Crippen LogP contribution < -0.4 is 4.31 Å². The van der Waals surface area contributed by atoms with E-state index < -0.39 is 27.8 Å². The molecule has 0 amide bonds. The molecule has 1 fully saturated rings. The van der Waals surface area contributed by atoms with Crippen LogP contribution in [0.1, 0.15) is 55.5 Å². The number of aromatic nitrogens is 3. The molecule has 10 heteroatoms. The molecule has 1 saturated carbocycles. The van der Waals surface area contributed by atoms with Crippen LogP contribution >= 0.6 is 0 Å². The van der Waals surface area contributed by atoms with E-state index in [0.29, 0.717) is 17.1 Å². The number of rotatable bonds is 6. The molecule has 5 rings (SSSR count). The highest BCUT2D eigenvalue weighted by Crippen LogP contribution is 2.55. The van der Waals surface area contributed by atoms with Crippen molar-refractivity contribution >= 4 is 15.7 Å². The second-order valence-electron chi connectivity index (χ2n) is 8.54. The SMILES string of the molecule is CCCCc1[nH]nc2c1C(C1CC1)N(S(=O)(=O)c1ccc(C(F)(F)F)cc1)c1cccnc1-2. The van der Waals surface area contributed by atoms with Gasteiger partial charge in [0.25, 0.3) is 10.0 Å². The predicted molar refractivity (Wildman–Crippen MR) is 117 cm³/mol. The van der Waals surface area contributed by atoms with Gasteiger partial charge in [0, 0.05) is 17.5 Å². The molecule has 1 aromatic carbocycles. The Morgan fingerprint density at radius 1 is 1.12 bits per heavy atom. The summed E-state index contributed by atoms with van der Waals surface area (Å²) < 4.78 is 68.3. The number of aryl methyl sites for hydroxylation is 1. The van der Waals surface area contributed by atoms with Crippen molar-refractivity contribution in [3.8, 4) is 11.4 Å². The topological polar surface area (TPSA) is 79.0 Å². The van der Waals surface area contributed by atoms with Crippen molar-refractivity contribution in [3.05, 3.63) is 59.4 Å². The average Bonchev–Trinajstić information content (AvgIpc) is 3.55. The van der Waals surface area contributed by atoms with Gasteiger partial charge in [0.2, 0.25) is 0 Å². The summed E-state index contributed by atoms with van der Waals surface area (Å²) in [6.07, 6.45) is 1.42. The van der Waals surface area contributed by atoms with Crippen molar-refractivity contribution in [2.75, 3.05) is 4.31 Å². The first-order chi connectivity index (χ1) is 15.7. The van der Waals surface area contributed by atoms with Gasteiger partial charge in [-0.05, 0) is 68.0 Å². The number of pyridine rings is 1. The number of nitrogens with one attached hydrogen (secondary N) is 1. The molecular weight excluding hydrogens is 453 g/mol. The second-order valence-corrected chi connectivity index (χ2v) is 10.4. The van der Waals surface area contributed by atoms with Gasteiger partial charge in [0.05, 0.1) is 22.2 Å². The van der Waals surface area contributed by atoms with E-state index >= 15 is 0 Å². The number of halogens is 3. The number of benzene rings is 1. The lowest BCUT2D eigenvalue weighted by molar-refractivity contribution is -0.137. The summed E-state index contributed by atoms with van der Waals surface area (Å²) >= 11 is 0. The first-order valence-corrected chi connectivity index (χ1v) is 12.4. The number of aromatic amines is 1. The van der Waals surface area contributed by atoms with Crippen LogP contribution in [0.25, 0.3) is 11.4 Å². The van der Waals surface area contributed by atoms with Crippen LogP contribution in [0.2, 0.25) is 0 Å². The van der Waals surface area contributed by atoms with Crippen molar-refractivity contribution in [3.63, 3.8) is 0 Å². The zero-order valence-corrected chi connectivity index (χ0v) is 18.7. The first-order valence-electron chi connectivity index (χ1n) is 11.0. The Kier molecular flexibility index (Phi) is 5.23. The Hall–Kier alpha value is -2.88. The van der Waals surface area contributed by atoms with Crippen LogP contribution in [0.3, 0.4) is 0 Å². The second kappa shape index (κ2) is 7.86. The third kappa shape index (κ3) is 3.70. The summed E-state index contributed by atoms with van der Waals surface area (Å²) in [4.78, 5) is 4.25. The van der Waals surface area contributed by atoms with Crippen molar-refractivity contribution in [2.45, 2.75) is 56.1 Å². The van der Waals surface area contributed by atoms with Crippen LogP contribution in [-0.4, -0.2) is 23.6 Å². The molecule has 2 aliphatic rings. The Morgan fingerprint density at radius 3 is 2.48 bits per heavy atom. The maximum atomic E-state index is 13.9. The molecule has 0 radical (unpaired) electrons. The Labute approximate surface area is 189 Å². The molecule has 1 unspecified atom stereocenters. The van der Waals surface area contributed by atoms with Gasteiger partial charge in [-0.2, -0.15) is 18.3 Å². The van der Waals surface area contributed by atoms with E-state index in [0.717, 1.165) is 67.6 Å². The van der Waals surface area contributed by atoms with E-state index in [1.807, 2.05) is 0 Å². The van der Waals surface area contributed by atoms with E-state index in [4.69, 9.17) is 0 Å². The van der Waals surface area contributed by atoms with Crippen molar-refractivity contribution in [1.29, 1.82) is 0 Å². The maximum absolute atomic E-state index is 13.9. The quantitative estimate of drug-likeness (QED) is 0.510. The minimum absolute atomic E-state index is 0.110. The smallest absolute Gasteiger partial charge is 0.282 e. The average molecular weight is 477 g/mol. The number of anilines is 1. The zero-order chi connectivity index (χ0) is 23.4. The normalized spacial score (nSPS) is 18.2. The summed E-state index contributed by atoms with van der Waals surface area (Å²) in [5.41, 5.74) is 2.36. The predicted octanol–water partition coefficient (Wildman–Crippen LogP) is 5.49. The molecule has 1 atom stereocenters. The van der Waals surface area contributed by atoms with Gasteiger partial charge in [-0.15, -0.1) is 0 Å². The summed E-state index contributed by atoms with van der Waals surface area (Å²) in [5, 5.41) is 7.61. The minimum Gasteiger partial charge on any atom is -0.282 e. The van der Waals surface area contributed by atoms with E-state index in [9.17, 15) is 21.6 Å². The molecular formula is C23H23F3N4O2S. The van der Waals surface area contributed by atoms with Crippen LogP contribution in [0.5, 0.6) is 0 Å². The van der Waals surface area contributed by atoms with Crippen LogP contribution in [0, 0.1) is 5.92 Å². The fourth-order valence-electron chi connectivity index (χ4n) is 4.50. The monoisotopic (exact) mass is 476 g/mol. The highest BCUT2D eigenvalue weighted by Gasteiger charge is 2.49. The molecule has 3 heterocycles. The largest absolute Gasteiger partial charge is 0.416 e. The fraction of sp³-hybridized carbons (Fsp3) is 0.391. The van der Waals surface area contributed by atoms with Crippen LogP contribution in [0.4, 0.5) is 18.9 Å². The maximum Gasteiger partial charge on any atom is 0.416 e. The van der Waals surface area contributed by atoms with Crippen molar-refractivity contribution in [1.82, 2.24) is 15.2 Å². The fourth-order valence-corrected chi connectivity index (χ4v) is 6.19. The van der Waals surface area contributed by atoms with Crippen molar-refractivity contribution in [2.24, 2.45) is 5.92 Å². The number of alkyl halides is 3.